The number of thiazole rings is 1. The van der Waals surface area contributed by atoms with Crippen LogP contribution in [0.1, 0.15) is 71.6 Å². The molecule has 0 saturated carbocycles. The van der Waals surface area contributed by atoms with Crippen molar-refractivity contribution in [3.8, 4) is 17.2 Å². The number of rotatable bonds is 12. The van der Waals surface area contributed by atoms with Crippen molar-refractivity contribution in [3.63, 3.8) is 0 Å². The van der Waals surface area contributed by atoms with Gasteiger partial charge in [-0.3, -0.25) is 19.3 Å². The van der Waals surface area contributed by atoms with Gasteiger partial charge in [0.25, 0.3) is 5.91 Å². The molecule has 1 unspecified atom stereocenters. The number of fused-ring (bicyclic) bond motifs is 1. The van der Waals surface area contributed by atoms with Gasteiger partial charge in [0.15, 0.2) is 45.3 Å². The number of benzene rings is 2. The number of anilines is 1. The molecule has 5 rings (SSSR count). The Hall–Kier alpha value is -4.64. The largest absolute Gasteiger partial charge is 0.503 e. The minimum Gasteiger partial charge on any atom is -0.503 e. The number of furan rings is 1. The number of aryl methyl sites for hydroxylation is 1. The predicted molar refractivity (Wildman–Crippen MR) is 166 cm³/mol. The number of hydrogen-bond donors (Lipinski definition) is 1. The predicted octanol–water partition coefficient (Wildman–Crippen LogP) is 7.02. The first-order valence-electron chi connectivity index (χ1n) is 14.3. The highest BCUT2D eigenvalue weighted by Gasteiger charge is 2.47. The van der Waals surface area contributed by atoms with E-state index in [0.717, 1.165) is 17.8 Å². The topological polar surface area (TPSA) is 128 Å². The number of ketones is 2. The Morgan fingerprint density at radius 3 is 2.55 bits per heavy atom. The van der Waals surface area contributed by atoms with Crippen molar-refractivity contribution < 1.29 is 38.1 Å². The van der Waals surface area contributed by atoms with E-state index in [2.05, 4.69) is 18.8 Å². The summed E-state index contributed by atoms with van der Waals surface area (Å²) in [6.45, 7) is 9.97. The Labute approximate surface area is 258 Å². The summed E-state index contributed by atoms with van der Waals surface area (Å²) in [4.78, 5) is 46.2. The summed E-state index contributed by atoms with van der Waals surface area (Å²) in [5.41, 5.74) is 1.08. The maximum absolute atomic E-state index is 14.1. The number of ether oxygens (including phenoxy) is 3. The highest BCUT2D eigenvalue weighted by atomic mass is 32.1. The fourth-order valence-corrected chi connectivity index (χ4v) is 6.08. The Balaban J connectivity index is 1.64. The van der Waals surface area contributed by atoms with E-state index in [1.54, 1.807) is 49.4 Å². The summed E-state index contributed by atoms with van der Waals surface area (Å²) in [7, 11) is 1.49. The van der Waals surface area contributed by atoms with Gasteiger partial charge >= 0.3 is 0 Å². The second kappa shape index (κ2) is 12.5. The zero-order chi connectivity index (χ0) is 31.7. The average Bonchev–Trinajstić information content (AvgIpc) is 3.67. The number of amides is 1. The van der Waals surface area contributed by atoms with Crippen LogP contribution in [0.15, 0.2) is 58.2 Å². The molecule has 1 aliphatic rings. The van der Waals surface area contributed by atoms with Gasteiger partial charge in [-0.1, -0.05) is 43.4 Å². The van der Waals surface area contributed by atoms with Gasteiger partial charge in [0.05, 0.1) is 42.5 Å². The summed E-state index contributed by atoms with van der Waals surface area (Å²) in [6, 6.07) is 10.8. The number of methoxy groups -OCH3 is 1. The number of aliphatic hydroxyl groups excluding tert-OH is 1. The summed E-state index contributed by atoms with van der Waals surface area (Å²) in [6.07, 6.45) is 0.845. The lowest BCUT2D eigenvalue weighted by Gasteiger charge is -2.25. The van der Waals surface area contributed by atoms with E-state index in [1.807, 2.05) is 6.92 Å². The molecule has 0 aliphatic carbocycles. The number of Topliss-reactive ketones (excluding diaryl/α,β-unsaturated/α-hetero) is 2. The van der Waals surface area contributed by atoms with Gasteiger partial charge in [-0.25, -0.2) is 4.98 Å². The third-order valence-electron chi connectivity index (χ3n) is 7.25. The molecule has 0 bridgehead atoms. The van der Waals surface area contributed by atoms with Gasteiger partial charge in [-0.2, -0.15) is 0 Å². The molecule has 0 spiro atoms. The third-order valence-corrected chi connectivity index (χ3v) is 8.51. The Bertz CT molecular complexity index is 1780. The number of aromatic nitrogens is 1. The van der Waals surface area contributed by atoms with Crippen LogP contribution in [-0.4, -0.2) is 47.9 Å². The van der Waals surface area contributed by atoms with Crippen molar-refractivity contribution in [3.05, 3.63) is 75.7 Å². The third kappa shape index (κ3) is 5.67. The molecule has 1 N–H and O–H groups in total. The molecule has 4 aromatic rings. The molecule has 3 heterocycles. The number of hydrogen-bond acceptors (Lipinski definition) is 10. The lowest BCUT2D eigenvalue weighted by Crippen LogP contribution is -2.31. The van der Waals surface area contributed by atoms with Crippen LogP contribution >= 0.6 is 11.3 Å². The minimum absolute atomic E-state index is 0.0795. The lowest BCUT2D eigenvalue weighted by atomic mass is 9.95. The average molecular weight is 619 g/mol. The van der Waals surface area contributed by atoms with Crippen molar-refractivity contribution >= 4 is 44.9 Å². The molecule has 1 aliphatic heterocycles. The maximum atomic E-state index is 14.1. The van der Waals surface area contributed by atoms with Gasteiger partial charge in [0.1, 0.15) is 0 Å². The van der Waals surface area contributed by atoms with Crippen LogP contribution in [0.2, 0.25) is 0 Å². The van der Waals surface area contributed by atoms with E-state index >= 15 is 0 Å². The summed E-state index contributed by atoms with van der Waals surface area (Å²) in [5, 5.41) is 12.0. The molecule has 0 saturated heterocycles. The first-order valence-corrected chi connectivity index (χ1v) is 15.1. The highest BCUT2D eigenvalue weighted by Crippen LogP contribution is 2.46. The fourth-order valence-electron chi connectivity index (χ4n) is 5.09. The monoisotopic (exact) mass is 618 g/mol. The van der Waals surface area contributed by atoms with Crippen LogP contribution in [0, 0.1) is 12.8 Å². The van der Waals surface area contributed by atoms with Crippen LogP contribution in [0.4, 0.5) is 5.13 Å². The van der Waals surface area contributed by atoms with Crippen LogP contribution in [0.3, 0.4) is 0 Å². The van der Waals surface area contributed by atoms with E-state index in [-0.39, 0.29) is 22.2 Å². The number of aliphatic hydroxyl groups is 1. The molecule has 230 valence electrons. The van der Waals surface area contributed by atoms with Crippen molar-refractivity contribution in [2.24, 2.45) is 5.92 Å². The van der Waals surface area contributed by atoms with Crippen molar-refractivity contribution in [2.45, 2.75) is 47.1 Å². The van der Waals surface area contributed by atoms with Crippen molar-refractivity contribution in [2.75, 3.05) is 25.2 Å². The Morgan fingerprint density at radius 1 is 1.11 bits per heavy atom. The van der Waals surface area contributed by atoms with Crippen LogP contribution in [-0.2, 0) is 4.79 Å². The molecule has 2 aromatic heterocycles. The van der Waals surface area contributed by atoms with E-state index in [9.17, 15) is 19.5 Å². The quantitative estimate of drug-likeness (QED) is 0.167. The SMILES string of the molecule is CCOc1cc(C2C(C(=O)c3cc4cccc(OC)c4o3)=C(O)C(=O)N2c2nc(C)c(C(C)=O)s2)ccc1OCCC(C)C. The number of para-hydroxylation sites is 1. The fraction of sp³-hybridized carbons (Fsp3) is 0.333. The normalized spacial score (nSPS) is 15.0. The molecular formula is C33H34N2O8S. The van der Waals surface area contributed by atoms with Gasteiger partial charge in [-0.05, 0) is 56.0 Å². The van der Waals surface area contributed by atoms with Crippen LogP contribution in [0.5, 0.6) is 17.2 Å². The smallest absolute Gasteiger partial charge is 0.296 e. The van der Waals surface area contributed by atoms with E-state index in [4.69, 9.17) is 18.6 Å². The number of carbonyl (C=O) groups excluding carboxylic acids is 3. The van der Waals surface area contributed by atoms with Gasteiger partial charge in [-0.15, -0.1) is 0 Å². The zero-order valence-electron chi connectivity index (χ0n) is 25.4. The van der Waals surface area contributed by atoms with Crippen molar-refractivity contribution in [1.29, 1.82) is 0 Å². The zero-order valence-corrected chi connectivity index (χ0v) is 26.2. The maximum Gasteiger partial charge on any atom is 0.296 e. The standard InChI is InChI=1S/C33H34N2O8S/c1-7-41-24-15-20(11-12-22(24)42-14-13-17(2)3)27-26(28(37)25-16-21-9-8-10-23(40-6)30(21)43-25)29(38)32(39)35(27)33-34-18(4)31(44-33)19(5)36/h8-12,15-17,27,38H,7,13-14H2,1-6H3. The van der Waals surface area contributed by atoms with Gasteiger partial charge < -0.3 is 23.7 Å². The number of carbonyl (C=O) groups is 3. The Kier molecular flexibility index (Phi) is 8.78. The number of nitrogens with zero attached hydrogens (tertiary/aromatic N) is 2. The van der Waals surface area contributed by atoms with Crippen molar-refractivity contribution in [1.82, 2.24) is 4.98 Å². The summed E-state index contributed by atoms with van der Waals surface area (Å²) < 4.78 is 23.2. The second-order valence-electron chi connectivity index (χ2n) is 10.8. The van der Waals surface area contributed by atoms with E-state index < -0.39 is 23.5 Å². The Morgan fingerprint density at radius 2 is 1.89 bits per heavy atom. The molecule has 44 heavy (non-hydrogen) atoms. The second-order valence-corrected chi connectivity index (χ2v) is 11.8. The molecule has 0 fully saturated rings. The molecule has 1 amide bonds. The minimum atomic E-state index is -1.11. The molecule has 2 aromatic carbocycles. The highest BCUT2D eigenvalue weighted by molar-refractivity contribution is 7.17. The van der Waals surface area contributed by atoms with Crippen LogP contribution in [0.25, 0.3) is 11.0 Å². The van der Waals surface area contributed by atoms with E-state index in [0.29, 0.717) is 63.5 Å². The first-order chi connectivity index (χ1) is 21.0. The summed E-state index contributed by atoms with van der Waals surface area (Å²) >= 11 is 1.02. The molecule has 0 radical (unpaired) electrons. The van der Waals surface area contributed by atoms with Gasteiger partial charge in [0, 0.05) is 12.3 Å². The summed E-state index contributed by atoms with van der Waals surface area (Å²) in [5.74, 6) is -0.712. The lowest BCUT2D eigenvalue weighted by molar-refractivity contribution is -0.117. The van der Waals surface area contributed by atoms with Gasteiger partial charge in [0.2, 0.25) is 5.78 Å². The first kappa shape index (κ1) is 30.8. The molecular weight excluding hydrogens is 584 g/mol. The van der Waals surface area contributed by atoms with E-state index in [1.165, 1.54) is 18.9 Å². The molecule has 10 nitrogen and oxygen atoms in total. The van der Waals surface area contributed by atoms with Crippen LogP contribution < -0.4 is 19.1 Å². The molecule has 1 atom stereocenters. The molecule has 11 heteroatoms.